The van der Waals surface area contributed by atoms with E-state index >= 15 is 0 Å². The highest BCUT2D eigenvalue weighted by atomic mass is 16.6. The molecule has 0 saturated heterocycles. The zero-order valence-electron chi connectivity index (χ0n) is 13.1. The minimum absolute atomic E-state index is 0.275. The first-order valence-corrected chi connectivity index (χ1v) is 6.99. The molecule has 0 spiro atoms. The number of anilines is 1. The Morgan fingerprint density at radius 3 is 2.25 bits per heavy atom. The van der Waals surface area contributed by atoms with E-state index in [1.165, 1.54) is 0 Å². The molecule has 0 saturated carbocycles. The highest BCUT2D eigenvalue weighted by molar-refractivity contribution is 5.68. The second kappa shape index (κ2) is 6.64. The van der Waals surface area contributed by atoms with Gasteiger partial charge in [-0.1, -0.05) is 26.0 Å². The second-order valence-electron chi connectivity index (χ2n) is 6.50. The van der Waals surface area contributed by atoms with Crippen molar-refractivity contribution in [3.05, 3.63) is 29.8 Å². The maximum absolute atomic E-state index is 12.2. The molecule has 1 amide bonds. The summed E-state index contributed by atoms with van der Waals surface area (Å²) >= 11 is 0. The van der Waals surface area contributed by atoms with Crippen LogP contribution < -0.4 is 5.73 Å². The summed E-state index contributed by atoms with van der Waals surface area (Å²) in [5, 5.41) is 0. The van der Waals surface area contributed by atoms with Crippen LogP contribution in [0.1, 0.15) is 40.2 Å². The zero-order valence-corrected chi connectivity index (χ0v) is 13.1. The van der Waals surface area contributed by atoms with Crippen molar-refractivity contribution >= 4 is 11.8 Å². The van der Waals surface area contributed by atoms with Crippen LogP contribution in [0.4, 0.5) is 10.5 Å². The monoisotopic (exact) mass is 278 g/mol. The number of nitrogen functional groups attached to an aromatic ring is 1. The number of carbonyl (C=O) groups excluding carboxylic acids is 1. The molecule has 0 fully saturated rings. The summed E-state index contributed by atoms with van der Waals surface area (Å²) in [6, 6.07) is 7.57. The number of hydrogen-bond donors (Lipinski definition) is 1. The van der Waals surface area contributed by atoms with Gasteiger partial charge in [0.2, 0.25) is 0 Å². The highest BCUT2D eigenvalue weighted by Crippen LogP contribution is 2.15. The lowest BCUT2D eigenvalue weighted by molar-refractivity contribution is 0.0211. The molecule has 0 aliphatic carbocycles. The number of benzene rings is 1. The van der Waals surface area contributed by atoms with Crippen LogP contribution >= 0.6 is 0 Å². The van der Waals surface area contributed by atoms with Gasteiger partial charge in [-0.3, -0.25) is 0 Å². The number of carbonyl (C=O) groups is 1. The minimum atomic E-state index is -0.479. The van der Waals surface area contributed by atoms with Crippen molar-refractivity contribution in [2.45, 2.75) is 46.8 Å². The highest BCUT2D eigenvalue weighted by Gasteiger charge is 2.22. The van der Waals surface area contributed by atoms with Gasteiger partial charge in [-0.25, -0.2) is 4.79 Å². The molecule has 0 radical (unpaired) electrons. The molecule has 4 nitrogen and oxygen atoms in total. The molecular formula is C16H26N2O2. The smallest absolute Gasteiger partial charge is 0.410 e. The van der Waals surface area contributed by atoms with Gasteiger partial charge in [0.1, 0.15) is 5.60 Å². The number of hydrogen-bond acceptors (Lipinski definition) is 3. The molecule has 0 heterocycles. The van der Waals surface area contributed by atoms with Crippen molar-refractivity contribution in [2.75, 3.05) is 12.3 Å². The van der Waals surface area contributed by atoms with Gasteiger partial charge in [-0.2, -0.15) is 0 Å². The predicted molar refractivity (Wildman–Crippen MR) is 82.3 cm³/mol. The second-order valence-corrected chi connectivity index (χ2v) is 6.50. The standard InChI is InChI=1S/C16H26N2O2/c1-12(2)10-18(15(19)20-16(3,4)5)11-13-6-8-14(17)9-7-13/h6-9,12H,10-11,17H2,1-5H3. The summed E-state index contributed by atoms with van der Waals surface area (Å²) < 4.78 is 5.46. The summed E-state index contributed by atoms with van der Waals surface area (Å²) in [6.07, 6.45) is -0.275. The minimum Gasteiger partial charge on any atom is -0.444 e. The molecule has 2 N–H and O–H groups in total. The number of nitrogens with zero attached hydrogens (tertiary/aromatic N) is 1. The summed E-state index contributed by atoms with van der Waals surface area (Å²) in [4.78, 5) is 14.0. The van der Waals surface area contributed by atoms with Crippen LogP contribution in [0.15, 0.2) is 24.3 Å². The van der Waals surface area contributed by atoms with Crippen molar-refractivity contribution in [1.29, 1.82) is 0 Å². The molecule has 0 aliphatic rings. The molecule has 0 unspecified atom stereocenters. The lowest BCUT2D eigenvalue weighted by Crippen LogP contribution is -2.38. The molecule has 112 valence electrons. The van der Waals surface area contributed by atoms with E-state index in [1.54, 1.807) is 4.90 Å². The third-order valence-electron chi connectivity index (χ3n) is 2.59. The lowest BCUT2D eigenvalue weighted by atomic mass is 10.1. The number of nitrogens with two attached hydrogens (primary N) is 1. The first kappa shape index (κ1) is 16.3. The van der Waals surface area contributed by atoms with E-state index < -0.39 is 5.60 Å². The van der Waals surface area contributed by atoms with Crippen molar-refractivity contribution in [2.24, 2.45) is 5.92 Å². The normalized spacial score (nSPS) is 11.5. The molecular weight excluding hydrogens is 252 g/mol. The molecule has 0 bridgehead atoms. The van der Waals surface area contributed by atoms with Gasteiger partial charge in [-0.05, 0) is 44.4 Å². The van der Waals surface area contributed by atoms with E-state index in [-0.39, 0.29) is 6.09 Å². The van der Waals surface area contributed by atoms with Crippen molar-refractivity contribution in [1.82, 2.24) is 4.90 Å². The summed E-state index contributed by atoms with van der Waals surface area (Å²) in [6.45, 7) is 11.0. The topological polar surface area (TPSA) is 55.6 Å². The molecule has 20 heavy (non-hydrogen) atoms. The van der Waals surface area contributed by atoms with Crippen molar-refractivity contribution < 1.29 is 9.53 Å². The van der Waals surface area contributed by atoms with Gasteiger partial charge in [0.05, 0.1) is 0 Å². The number of rotatable bonds is 4. The van der Waals surface area contributed by atoms with E-state index in [1.807, 2.05) is 45.0 Å². The van der Waals surface area contributed by atoms with Crippen molar-refractivity contribution in [3.8, 4) is 0 Å². The molecule has 4 heteroatoms. The fourth-order valence-corrected chi connectivity index (χ4v) is 1.81. The van der Waals surface area contributed by atoms with Crippen molar-refractivity contribution in [3.63, 3.8) is 0 Å². The average Bonchev–Trinajstić information content (AvgIpc) is 2.28. The Balaban J connectivity index is 2.78. The van der Waals surface area contributed by atoms with Crippen LogP contribution in [0.5, 0.6) is 0 Å². The molecule has 1 aromatic rings. The van der Waals surface area contributed by atoms with Gasteiger partial charge in [0.15, 0.2) is 0 Å². The Morgan fingerprint density at radius 2 is 1.80 bits per heavy atom. The largest absolute Gasteiger partial charge is 0.444 e. The van der Waals surface area contributed by atoms with E-state index in [2.05, 4.69) is 13.8 Å². The molecule has 0 atom stereocenters. The Kier molecular flexibility index (Phi) is 5.43. The van der Waals surface area contributed by atoms with Crippen LogP contribution in [0.2, 0.25) is 0 Å². The third-order valence-corrected chi connectivity index (χ3v) is 2.59. The van der Waals surface area contributed by atoms with Crippen LogP contribution in [0.25, 0.3) is 0 Å². The zero-order chi connectivity index (χ0) is 15.3. The predicted octanol–water partition coefficient (Wildman–Crippen LogP) is 3.66. The summed E-state index contributed by atoms with van der Waals surface area (Å²) in [5.74, 6) is 0.385. The summed E-state index contributed by atoms with van der Waals surface area (Å²) in [5.41, 5.74) is 6.97. The Labute approximate surface area is 121 Å². The van der Waals surface area contributed by atoms with Gasteiger partial charge < -0.3 is 15.4 Å². The van der Waals surface area contributed by atoms with E-state index in [9.17, 15) is 4.79 Å². The van der Waals surface area contributed by atoms with Crippen LogP contribution in [0, 0.1) is 5.92 Å². The third kappa shape index (κ3) is 5.95. The van der Waals surface area contributed by atoms with Crippen LogP contribution in [-0.4, -0.2) is 23.1 Å². The van der Waals surface area contributed by atoms with Crippen LogP contribution in [-0.2, 0) is 11.3 Å². The van der Waals surface area contributed by atoms with E-state index in [0.29, 0.717) is 19.0 Å². The lowest BCUT2D eigenvalue weighted by Gasteiger charge is -2.28. The quantitative estimate of drug-likeness (QED) is 0.855. The van der Waals surface area contributed by atoms with Gasteiger partial charge >= 0.3 is 6.09 Å². The first-order valence-electron chi connectivity index (χ1n) is 6.99. The Bertz CT molecular complexity index is 433. The molecule has 1 aromatic carbocycles. The van der Waals surface area contributed by atoms with Gasteiger partial charge in [0.25, 0.3) is 0 Å². The van der Waals surface area contributed by atoms with E-state index in [0.717, 1.165) is 11.3 Å². The number of ether oxygens (including phenoxy) is 1. The van der Waals surface area contributed by atoms with Crippen LogP contribution in [0.3, 0.4) is 0 Å². The summed E-state index contributed by atoms with van der Waals surface area (Å²) in [7, 11) is 0. The fraction of sp³-hybridized carbons (Fsp3) is 0.562. The number of amides is 1. The first-order chi connectivity index (χ1) is 9.17. The van der Waals surface area contributed by atoms with Gasteiger partial charge in [0, 0.05) is 18.8 Å². The molecule has 1 rings (SSSR count). The molecule has 0 aliphatic heterocycles. The maximum Gasteiger partial charge on any atom is 0.410 e. The SMILES string of the molecule is CC(C)CN(Cc1ccc(N)cc1)C(=O)OC(C)(C)C. The molecule has 0 aromatic heterocycles. The average molecular weight is 278 g/mol. The Hall–Kier alpha value is -1.71. The Morgan fingerprint density at radius 1 is 1.25 bits per heavy atom. The van der Waals surface area contributed by atoms with E-state index in [4.69, 9.17) is 10.5 Å². The van der Waals surface area contributed by atoms with Gasteiger partial charge in [-0.15, -0.1) is 0 Å². The fourth-order valence-electron chi connectivity index (χ4n) is 1.81. The maximum atomic E-state index is 12.2.